The van der Waals surface area contributed by atoms with Gasteiger partial charge in [0.2, 0.25) is 5.89 Å². The Balaban J connectivity index is 2.27. The zero-order chi connectivity index (χ0) is 9.97. The third-order valence-electron chi connectivity index (χ3n) is 1.78. The van der Waals surface area contributed by atoms with Crippen LogP contribution in [0.5, 0.6) is 0 Å². The molecule has 1 N–H and O–H groups in total. The molecular weight excluding hydrogens is 248 g/mol. The highest BCUT2D eigenvalue weighted by Crippen LogP contribution is 2.17. The van der Waals surface area contributed by atoms with Gasteiger partial charge in [0.1, 0.15) is 0 Å². The minimum Gasteiger partial charge on any atom is -0.392 e. The molecule has 0 aliphatic carbocycles. The molecule has 1 aromatic carbocycles. The Morgan fingerprint density at radius 1 is 1.43 bits per heavy atom. The lowest BCUT2D eigenvalue weighted by Gasteiger charge is -1.98. The largest absolute Gasteiger partial charge is 0.434 e. The summed E-state index contributed by atoms with van der Waals surface area (Å²) in [5.74, 6) is -0.131. The lowest BCUT2D eigenvalue weighted by molar-refractivity contribution is 0.471. The highest BCUT2D eigenvalue weighted by atomic mass is 79.9. The van der Waals surface area contributed by atoms with Gasteiger partial charge in [0, 0.05) is 4.47 Å². The Morgan fingerprint density at radius 3 is 2.86 bits per heavy atom. The summed E-state index contributed by atoms with van der Waals surface area (Å²) >= 11 is 3.40. The fraction of sp³-hybridized carbons (Fsp3) is 0.111. The molecule has 0 saturated carbocycles. The van der Waals surface area contributed by atoms with Gasteiger partial charge in [0.05, 0.1) is 6.42 Å². The number of benzene rings is 1. The molecule has 4 nitrogen and oxygen atoms in total. The number of aromatic nitrogens is 2. The van der Waals surface area contributed by atoms with Crippen LogP contribution < -0.4 is 5.76 Å². The van der Waals surface area contributed by atoms with Crippen LogP contribution in [0.3, 0.4) is 0 Å². The first-order valence-corrected chi connectivity index (χ1v) is 4.83. The van der Waals surface area contributed by atoms with Crippen molar-refractivity contribution in [3.05, 3.63) is 50.7 Å². The van der Waals surface area contributed by atoms with Crippen molar-refractivity contribution in [2.45, 2.75) is 6.42 Å². The number of hydrogen-bond acceptors (Lipinski definition) is 3. The summed E-state index contributed by atoms with van der Waals surface area (Å²) in [5, 5.41) is 5.95. The summed E-state index contributed by atoms with van der Waals surface area (Å²) in [5.41, 5.74) is 1.03. The van der Waals surface area contributed by atoms with Gasteiger partial charge in [-0.3, -0.25) is 0 Å². The van der Waals surface area contributed by atoms with Crippen molar-refractivity contribution in [3.8, 4) is 0 Å². The molecule has 0 spiro atoms. The highest BCUT2D eigenvalue weighted by molar-refractivity contribution is 9.10. The molecule has 0 fully saturated rings. The van der Waals surface area contributed by atoms with E-state index in [9.17, 15) is 4.79 Å². The minimum atomic E-state index is -0.521. The van der Waals surface area contributed by atoms with E-state index in [-0.39, 0.29) is 0 Å². The van der Waals surface area contributed by atoms with Gasteiger partial charge in [-0.25, -0.2) is 9.89 Å². The van der Waals surface area contributed by atoms with Crippen molar-refractivity contribution in [1.29, 1.82) is 0 Å². The molecule has 0 aliphatic rings. The topological polar surface area (TPSA) is 58.9 Å². The molecule has 1 heterocycles. The van der Waals surface area contributed by atoms with Crippen molar-refractivity contribution >= 4 is 15.9 Å². The van der Waals surface area contributed by atoms with Crippen molar-refractivity contribution in [1.82, 2.24) is 10.2 Å². The van der Waals surface area contributed by atoms with Gasteiger partial charge in [0.15, 0.2) is 0 Å². The molecule has 0 radical (unpaired) electrons. The molecular formula is C9H7BrN2O2. The Hall–Kier alpha value is -1.36. The van der Waals surface area contributed by atoms with Gasteiger partial charge in [-0.1, -0.05) is 34.1 Å². The van der Waals surface area contributed by atoms with Crippen molar-refractivity contribution in [3.63, 3.8) is 0 Å². The molecule has 5 heteroatoms. The van der Waals surface area contributed by atoms with E-state index in [1.807, 2.05) is 24.3 Å². The van der Waals surface area contributed by atoms with Gasteiger partial charge in [-0.05, 0) is 11.6 Å². The quantitative estimate of drug-likeness (QED) is 0.888. The van der Waals surface area contributed by atoms with Crippen LogP contribution in [0, 0.1) is 0 Å². The van der Waals surface area contributed by atoms with E-state index >= 15 is 0 Å². The van der Waals surface area contributed by atoms with E-state index < -0.39 is 5.76 Å². The smallest absolute Gasteiger partial charge is 0.392 e. The van der Waals surface area contributed by atoms with Crippen LogP contribution in [0.1, 0.15) is 11.5 Å². The standard InChI is InChI=1S/C9H7BrN2O2/c10-7-4-2-1-3-6(7)5-8-11-12-9(13)14-8/h1-4H,5H2,(H,12,13). The van der Waals surface area contributed by atoms with Crippen molar-refractivity contribution in [2.24, 2.45) is 0 Å². The first-order valence-electron chi connectivity index (χ1n) is 4.03. The average molecular weight is 255 g/mol. The molecule has 0 amide bonds. The SMILES string of the molecule is O=c1[nH]nc(Cc2ccccc2Br)o1. The number of aromatic amines is 1. The van der Waals surface area contributed by atoms with Crippen LogP contribution in [0.2, 0.25) is 0 Å². The lowest BCUT2D eigenvalue weighted by Crippen LogP contribution is -1.94. The number of halogens is 1. The average Bonchev–Trinajstić information content (AvgIpc) is 2.56. The maximum Gasteiger partial charge on any atom is 0.434 e. The van der Waals surface area contributed by atoms with Gasteiger partial charge < -0.3 is 4.42 Å². The second-order valence-electron chi connectivity index (χ2n) is 2.78. The monoisotopic (exact) mass is 254 g/mol. The Bertz CT molecular complexity index is 489. The van der Waals surface area contributed by atoms with Crippen molar-refractivity contribution in [2.75, 3.05) is 0 Å². The fourth-order valence-corrected chi connectivity index (χ4v) is 1.57. The first-order chi connectivity index (χ1) is 6.75. The summed E-state index contributed by atoms with van der Waals surface area (Å²) in [6, 6.07) is 7.72. The zero-order valence-electron chi connectivity index (χ0n) is 7.16. The molecule has 0 aliphatic heterocycles. The fourth-order valence-electron chi connectivity index (χ4n) is 1.14. The Labute approximate surface area is 88.1 Å². The summed E-state index contributed by atoms with van der Waals surface area (Å²) in [6.45, 7) is 0. The number of hydrogen-bond donors (Lipinski definition) is 1. The van der Waals surface area contributed by atoms with Gasteiger partial charge in [0.25, 0.3) is 0 Å². The third kappa shape index (κ3) is 1.93. The molecule has 14 heavy (non-hydrogen) atoms. The van der Waals surface area contributed by atoms with E-state index in [1.165, 1.54) is 0 Å². The second kappa shape index (κ2) is 3.79. The second-order valence-corrected chi connectivity index (χ2v) is 3.63. The van der Waals surface area contributed by atoms with E-state index in [4.69, 9.17) is 4.42 Å². The van der Waals surface area contributed by atoms with Crippen LogP contribution in [-0.4, -0.2) is 10.2 Å². The number of nitrogens with zero attached hydrogens (tertiary/aromatic N) is 1. The molecule has 0 unspecified atom stereocenters. The van der Waals surface area contributed by atoms with Crippen LogP contribution >= 0.6 is 15.9 Å². The third-order valence-corrected chi connectivity index (χ3v) is 2.56. The number of H-pyrrole nitrogens is 1. The first kappa shape index (κ1) is 9.21. The van der Waals surface area contributed by atoms with Gasteiger partial charge in [-0.2, -0.15) is 0 Å². The normalized spacial score (nSPS) is 10.4. The van der Waals surface area contributed by atoms with Crippen molar-refractivity contribution < 1.29 is 4.42 Å². The number of nitrogens with one attached hydrogen (secondary N) is 1. The lowest BCUT2D eigenvalue weighted by atomic mass is 10.1. The zero-order valence-corrected chi connectivity index (χ0v) is 8.74. The van der Waals surface area contributed by atoms with Gasteiger partial charge >= 0.3 is 5.76 Å². The van der Waals surface area contributed by atoms with E-state index in [0.29, 0.717) is 12.3 Å². The maximum atomic E-state index is 10.7. The predicted molar refractivity (Wildman–Crippen MR) is 54.1 cm³/mol. The van der Waals surface area contributed by atoms with E-state index in [0.717, 1.165) is 10.0 Å². The predicted octanol–water partition coefficient (Wildman–Crippen LogP) is 1.72. The molecule has 0 bridgehead atoms. The highest BCUT2D eigenvalue weighted by Gasteiger charge is 2.05. The maximum absolute atomic E-state index is 10.7. The van der Waals surface area contributed by atoms with Crippen LogP contribution in [0.25, 0.3) is 0 Å². The molecule has 0 saturated heterocycles. The van der Waals surface area contributed by atoms with Crippen LogP contribution in [0.4, 0.5) is 0 Å². The molecule has 2 aromatic rings. The van der Waals surface area contributed by atoms with Crippen LogP contribution in [0.15, 0.2) is 37.9 Å². The van der Waals surface area contributed by atoms with E-state index in [1.54, 1.807) is 0 Å². The molecule has 0 atom stereocenters. The molecule has 2 rings (SSSR count). The number of rotatable bonds is 2. The minimum absolute atomic E-state index is 0.391. The Kier molecular flexibility index (Phi) is 2.49. The van der Waals surface area contributed by atoms with Gasteiger partial charge in [-0.15, -0.1) is 5.10 Å². The summed E-state index contributed by atoms with van der Waals surface area (Å²) in [4.78, 5) is 10.7. The molecule has 1 aromatic heterocycles. The molecule has 72 valence electrons. The summed E-state index contributed by atoms with van der Waals surface area (Å²) in [7, 11) is 0. The van der Waals surface area contributed by atoms with E-state index in [2.05, 4.69) is 26.1 Å². The summed E-state index contributed by atoms with van der Waals surface area (Å²) < 4.78 is 5.78. The summed E-state index contributed by atoms with van der Waals surface area (Å²) in [6.07, 6.45) is 0.500. The van der Waals surface area contributed by atoms with Crippen LogP contribution in [-0.2, 0) is 6.42 Å². The Morgan fingerprint density at radius 2 is 2.21 bits per heavy atom.